The molecule has 1 fully saturated rings. The zero-order valence-electron chi connectivity index (χ0n) is 16.3. The lowest BCUT2D eigenvalue weighted by Gasteiger charge is -2.36. The molecule has 0 bridgehead atoms. The van der Waals surface area contributed by atoms with Crippen molar-refractivity contribution in [3.8, 4) is 0 Å². The number of methoxy groups -OCH3 is 1. The Kier molecular flexibility index (Phi) is 4.91. The van der Waals surface area contributed by atoms with Crippen LogP contribution in [0, 0.1) is 0 Å². The minimum Gasteiger partial charge on any atom is -0.464 e. The van der Waals surface area contributed by atoms with E-state index in [4.69, 9.17) is 4.74 Å². The van der Waals surface area contributed by atoms with Gasteiger partial charge in [-0.05, 0) is 31.4 Å². The number of hydrogen-bond acceptors (Lipinski definition) is 6. The number of nitrogens with one attached hydrogen (secondary N) is 1. The third kappa shape index (κ3) is 3.30. The van der Waals surface area contributed by atoms with Crippen LogP contribution < -0.4 is 5.56 Å². The van der Waals surface area contributed by atoms with Crippen LogP contribution in [0.15, 0.2) is 29.5 Å². The van der Waals surface area contributed by atoms with Gasteiger partial charge in [0, 0.05) is 19.3 Å². The van der Waals surface area contributed by atoms with Gasteiger partial charge >= 0.3 is 5.97 Å². The van der Waals surface area contributed by atoms with E-state index in [1.807, 2.05) is 11.0 Å². The fraction of sp³-hybridized carbons (Fsp3) is 0.421. The summed E-state index contributed by atoms with van der Waals surface area (Å²) in [5.41, 5.74) is 1.42. The molecule has 1 aliphatic heterocycles. The van der Waals surface area contributed by atoms with Crippen LogP contribution >= 0.6 is 0 Å². The number of amides is 1. The first-order valence-electron chi connectivity index (χ1n) is 9.44. The van der Waals surface area contributed by atoms with Crippen molar-refractivity contribution < 1.29 is 14.3 Å². The predicted molar refractivity (Wildman–Crippen MR) is 103 cm³/mol. The highest BCUT2D eigenvalue weighted by molar-refractivity contribution is 5.88. The lowest BCUT2D eigenvalue weighted by molar-refractivity contribution is -0.136. The minimum atomic E-state index is -0.410. The van der Waals surface area contributed by atoms with Crippen molar-refractivity contribution in [2.45, 2.75) is 31.8 Å². The van der Waals surface area contributed by atoms with Crippen molar-refractivity contribution in [1.29, 1.82) is 0 Å². The third-order valence-corrected chi connectivity index (χ3v) is 5.44. The Hall–Kier alpha value is -3.43. The molecule has 0 aromatic carbocycles. The van der Waals surface area contributed by atoms with Gasteiger partial charge in [0.05, 0.1) is 25.7 Å². The molecule has 0 radical (unpaired) electrons. The van der Waals surface area contributed by atoms with Gasteiger partial charge < -0.3 is 19.2 Å². The van der Waals surface area contributed by atoms with Crippen molar-refractivity contribution in [3.05, 3.63) is 46.4 Å². The SMILES string of the molecule is COC(=O)c1ccc(C2CCCCN2C(=O)Cn2ncc3c(=O)[nH]cnc32)n1C. The molecule has 1 amide bonds. The Morgan fingerprint density at radius 1 is 1.31 bits per heavy atom. The van der Waals surface area contributed by atoms with Crippen molar-refractivity contribution >= 4 is 22.9 Å². The number of nitrogens with zero attached hydrogens (tertiary/aromatic N) is 5. The maximum Gasteiger partial charge on any atom is 0.354 e. The molecule has 3 aromatic rings. The molecule has 29 heavy (non-hydrogen) atoms. The van der Waals surface area contributed by atoms with E-state index in [0.717, 1.165) is 25.0 Å². The molecule has 1 atom stereocenters. The largest absolute Gasteiger partial charge is 0.464 e. The van der Waals surface area contributed by atoms with E-state index in [0.29, 0.717) is 23.3 Å². The highest BCUT2D eigenvalue weighted by Crippen LogP contribution is 2.32. The van der Waals surface area contributed by atoms with Crippen molar-refractivity contribution in [3.63, 3.8) is 0 Å². The molecular formula is C19H22N6O4. The van der Waals surface area contributed by atoms with Crippen LogP contribution in [-0.4, -0.2) is 54.7 Å². The summed E-state index contributed by atoms with van der Waals surface area (Å²) in [6.45, 7) is 0.611. The van der Waals surface area contributed by atoms with Crippen LogP contribution in [0.5, 0.6) is 0 Å². The number of aromatic amines is 1. The number of aromatic nitrogens is 5. The maximum atomic E-state index is 13.1. The number of carbonyl (C=O) groups is 2. The fourth-order valence-corrected chi connectivity index (χ4v) is 3.95. The van der Waals surface area contributed by atoms with Gasteiger partial charge in [0.25, 0.3) is 5.56 Å². The van der Waals surface area contributed by atoms with E-state index in [-0.39, 0.29) is 24.1 Å². The fourth-order valence-electron chi connectivity index (χ4n) is 3.95. The maximum absolute atomic E-state index is 13.1. The molecule has 0 aliphatic carbocycles. The average Bonchev–Trinajstić information content (AvgIpc) is 3.32. The molecule has 0 spiro atoms. The topological polar surface area (TPSA) is 115 Å². The zero-order valence-corrected chi connectivity index (χ0v) is 16.3. The van der Waals surface area contributed by atoms with E-state index >= 15 is 0 Å². The number of esters is 1. The number of rotatable bonds is 4. The molecule has 152 valence electrons. The first-order valence-corrected chi connectivity index (χ1v) is 9.44. The van der Waals surface area contributed by atoms with E-state index < -0.39 is 5.97 Å². The van der Waals surface area contributed by atoms with Gasteiger partial charge in [-0.1, -0.05) is 0 Å². The number of ether oxygens (including phenoxy) is 1. The number of H-pyrrole nitrogens is 1. The summed E-state index contributed by atoms with van der Waals surface area (Å²) < 4.78 is 8.06. The first kappa shape index (κ1) is 18.9. The molecule has 10 heteroatoms. The summed E-state index contributed by atoms with van der Waals surface area (Å²) in [5, 5.41) is 4.51. The summed E-state index contributed by atoms with van der Waals surface area (Å²) >= 11 is 0. The monoisotopic (exact) mass is 398 g/mol. The van der Waals surface area contributed by atoms with Crippen LogP contribution in [0.25, 0.3) is 11.0 Å². The highest BCUT2D eigenvalue weighted by Gasteiger charge is 2.31. The van der Waals surface area contributed by atoms with Gasteiger partial charge in [0.15, 0.2) is 5.65 Å². The quantitative estimate of drug-likeness (QED) is 0.656. The molecule has 10 nitrogen and oxygen atoms in total. The molecule has 1 unspecified atom stereocenters. The number of piperidine rings is 1. The van der Waals surface area contributed by atoms with E-state index in [9.17, 15) is 14.4 Å². The molecule has 4 heterocycles. The standard InChI is InChI=1S/C19H22N6O4/c1-23-13(6-7-15(23)19(28)29-2)14-5-3-4-8-24(14)16(26)10-25-17-12(9-22-25)18(27)21-11-20-17/h6-7,9,11,14H,3-5,8,10H2,1-2H3,(H,20,21,27). The summed E-state index contributed by atoms with van der Waals surface area (Å²) in [6, 6.07) is 3.44. The molecule has 3 aromatic heterocycles. The second-order valence-electron chi connectivity index (χ2n) is 7.06. The number of carbonyl (C=O) groups excluding carboxylic acids is 2. The summed E-state index contributed by atoms with van der Waals surface area (Å²) in [7, 11) is 3.15. The third-order valence-electron chi connectivity index (χ3n) is 5.44. The van der Waals surface area contributed by atoms with Gasteiger partial charge in [-0.2, -0.15) is 5.10 Å². The summed E-state index contributed by atoms with van der Waals surface area (Å²) in [5.74, 6) is -0.519. The smallest absolute Gasteiger partial charge is 0.354 e. The Balaban J connectivity index is 1.61. The molecular weight excluding hydrogens is 376 g/mol. The normalized spacial score (nSPS) is 16.9. The summed E-state index contributed by atoms with van der Waals surface area (Å²) in [4.78, 5) is 45.4. The average molecular weight is 398 g/mol. The van der Waals surface area contributed by atoms with Gasteiger partial charge in [0.2, 0.25) is 5.91 Å². The predicted octanol–water partition coefficient (Wildman–Crippen LogP) is 0.998. The van der Waals surface area contributed by atoms with Crippen LogP contribution in [-0.2, 0) is 23.1 Å². The number of hydrogen-bond donors (Lipinski definition) is 1. The zero-order chi connectivity index (χ0) is 20.5. The highest BCUT2D eigenvalue weighted by atomic mass is 16.5. The Morgan fingerprint density at radius 3 is 2.93 bits per heavy atom. The van der Waals surface area contributed by atoms with Crippen molar-refractivity contribution in [2.24, 2.45) is 7.05 Å². The number of fused-ring (bicyclic) bond motifs is 1. The van der Waals surface area contributed by atoms with Crippen molar-refractivity contribution in [2.75, 3.05) is 13.7 Å². The Bertz CT molecular complexity index is 1130. The van der Waals surface area contributed by atoms with E-state index in [2.05, 4.69) is 15.1 Å². The molecule has 1 aliphatic rings. The van der Waals surface area contributed by atoms with Crippen LogP contribution in [0.1, 0.15) is 41.5 Å². The lowest BCUT2D eigenvalue weighted by Crippen LogP contribution is -2.41. The summed E-state index contributed by atoms with van der Waals surface area (Å²) in [6.07, 6.45) is 5.43. The Morgan fingerprint density at radius 2 is 2.14 bits per heavy atom. The van der Waals surface area contributed by atoms with E-state index in [1.165, 1.54) is 24.3 Å². The van der Waals surface area contributed by atoms with Crippen LogP contribution in [0.2, 0.25) is 0 Å². The molecule has 1 N–H and O–H groups in total. The molecule has 1 saturated heterocycles. The van der Waals surface area contributed by atoms with Gasteiger partial charge in [-0.3, -0.25) is 9.59 Å². The molecule has 0 saturated carbocycles. The first-order chi connectivity index (χ1) is 14.0. The van der Waals surface area contributed by atoms with Crippen LogP contribution in [0.4, 0.5) is 0 Å². The van der Waals surface area contributed by atoms with Crippen LogP contribution in [0.3, 0.4) is 0 Å². The second kappa shape index (κ2) is 7.53. The lowest BCUT2D eigenvalue weighted by atomic mass is 9.99. The minimum absolute atomic E-state index is 0.00919. The number of likely N-dealkylation sites (tertiary alicyclic amines) is 1. The van der Waals surface area contributed by atoms with Gasteiger partial charge in [-0.15, -0.1) is 0 Å². The van der Waals surface area contributed by atoms with Crippen molar-refractivity contribution in [1.82, 2.24) is 29.2 Å². The van der Waals surface area contributed by atoms with Gasteiger partial charge in [-0.25, -0.2) is 14.5 Å². The second-order valence-corrected chi connectivity index (χ2v) is 7.06. The molecule has 4 rings (SSSR count). The Labute approximate surface area is 166 Å². The van der Waals surface area contributed by atoms with E-state index in [1.54, 1.807) is 17.7 Å². The van der Waals surface area contributed by atoms with Gasteiger partial charge in [0.1, 0.15) is 17.6 Å².